The van der Waals surface area contributed by atoms with Crippen LogP contribution in [0.2, 0.25) is 5.02 Å². The molecule has 6 heteroatoms. The van der Waals surface area contributed by atoms with E-state index < -0.39 is 5.91 Å². The first-order valence-electron chi connectivity index (χ1n) is 5.49. The van der Waals surface area contributed by atoms with Crippen molar-refractivity contribution in [2.24, 2.45) is 0 Å². The van der Waals surface area contributed by atoms with Gasteiger partial charge in [0.1, 0.15) is 0 Å². The quantitative estimate of drug-likeness (QED) is 0.906. The summed E-state index contributed by atoms with van der Waals surface area (Å²) in [7, 11) is 0. The number of hydrogen-bond acceptors (Lipinski definition) is 3. The first kappa shape index (κ1) is 13.2. The molecule has 1 heterocycles. The number of amides is 2. The average Bonchev–Trinajstić information content (AvgIpc) is 2.80. The van der Waals surface area contributed by atoms with E-state index in [9.17, 15) is 9.59 Å². The summed E-state index contributed by atoms with van der Waals surface area (Å²) in [5.41, 5.74) is 0.604. The topological polar surface area (TPSA) is 71.3 Å². The largest absolute Gasteiger partial charge is 0.435 e. The number of halogens is 1. The molecule has 0 saturated heterocycles. The molecule has 5 nitrogen and oxygen atoms in total. The van der Waals surface area contributed by atoms with Gasteiger partial charge in [-0.3, -0.25) is 14.9 Å². The van der Waals surface area contributed by atoms with Crippen LogP contribution in [0.15, 0.2) is 40.8 Å². The second-order valence-electron chi connectivity index (χ2n) is 3.81. The van der Waals surface area contributed by atoms with Gasteiger partial charge in [-0.15, -0.1) is 0 Å². The van der Waals surface area contributed by atoms with Gasteiger partial charge < -0.3 is 9.73 Å². The lowest BCUT2D eigenvalue weighted by atomic mass is 10.3. The van der Waals surface area contributed by atoms with Gasteiger partial charge in [0, 0.05) is 23.7 Å². The summed E-state index contributed by atoms with van der Waals surface area (Å²) in [5.74, 6) is -0.328. The molecular weight excluding hydrogens is 268 g/mol. The highest BCUT2D eigenvalue weighted by molar-refractivity contribution is 6.30. The zero-order valence-corrected chi connectivity index (χ0v) is 10.8. The van der Waals surface area contributed by atoms with Crippen LogP contribution >= 0.6 is 11.6 Å². The van der Waals surface area contributed by atoms with Crippen LogP contribution < -0.4 is 10.6 Å². The fourth-order valence-corrected chi connectivity index (χ4v) is 1.55. The molecule has 1 aromatic carbocycles. The lowest BCUT2D eigenvalue weighted by Gasteiger charge is -2.02. The highest BCUT2D eigenvalue weighted by Crippen LogP contribution is 2.17. The number of rotatable bonds is 3. The van der Waals surface area contributed by atoms with Gasteiger partial charge in [-0.1, -0.05) is 11.6 Å². The fraction of sp³-hybridized carbons (Fsp3) is 0.0769. The molecule has 0 saturated carbocycles. The van der Waals surface area contributed by atoms with Crippen LogP contribution in [0.3, 0.4) is 0 Å². The van der Waals surface area contributed by atoms with Crippen molar-refractivity contribution in [3.8, 4) is 0 Å². The Labute approximate surface area is 114 Å². The molecule has 0 aliphatic heterocycles. The monoisotopic (exact) mass is 278 g/mol. The molecule has 1 aromatic heterocycles. The summed E-state index contributed by atoms with van der Waals surface area (Å²) in [5, 5.41) is 5.68. The van der Waals surface area contributed by atoms with Gasteiger partial charge in [0.15, 0.2) is 11.6 Å². The van der Waals surface area contributed by atoms with Crippen LogP contribution in [0.4, 0.5) is 11.6 Å². The lowest BCUT2D eigenvalue weighted by molar-refractivity contribution is -0.114. The van der Waals surface area contributed by atoms with Crippen LogP contribution in [0.5, 0.6) is 0 Å². The Bertz CT molecular complexity index is 605. The van der Waals surface area contributed by atoms with Gasteiger partial charge in [0.2, 0.25) is 5.91 Å². The predicted octanol–water partition coefficient (Wildman–Crippen LogP) is 3.14. The van der Waals surface area contributed by atoms with Crippen molar-refractivity contribution in [3.63, 3.8) is 0 Å². The van der Waals surface area contributed by atoms with Gasteiger partial charge in [0.05, 0.1) is 0 Å². The Morgan fingerprint density at radius 1 is 1.05 bits per heavy atom. The van der Waals surface area contributed by atoms with E-state index in [2.05, 4.69) is 10.6 Å². The summed E-state index contributed by atoms with van der Waals surface area (Å²) in [4.78, 5) is 22.7. The number of anilines is 2. The third kappa shape index (κ3) is 3.59. The van der Waals surface area contributed by atoms with E-state index in [0.717, 1.165) is 0 Å². The van der Waals surface area contributed by atoms with E-state index in [1.165, 1.54) is 19.1 Å². The number of carbonyl (C=O) groups is 2. The molecule has 0 unspecified atom stereocenters. The molecular formula is C13H11ClN2O3. The smallest absolute Gasteiger partial charge is 0.291 e. The van der Waals surface area contributed by atoms with Gasteiger partial charge in [-0.05, 0) is 30.3 Å². The molecule has 0 radical (unpaired) electrons. The maximum absolute atomic E-state index is 11.8. The van der Waals surface area contributed by atoms with Crippen molar-refractivity contribution < 1.29 is 14.0 Å². The Morgan fingerprint density at radius 2 is 1.74 bits per heavy atom. The molecule has 0 bridgehead atoms. The molecule has 0 fully saturated rings. The summed E-state index contributed by atoms with van der Waals surface area (Å²) in [6.45, 7) is 1.36. The normalized spacial score (nSPS) is 10.0. The van der Waals surface area contributed by atoms with E-state index in [4.69, 9.17) is 16.0 Å². The zero-order chi connectivity index (χ0) is 13.8. The molecule has 2 aromatic rings. The number of nitrogens with one attached hydrogen (secondary N) is 2. The molecule has 0 aliphatic carbocycles. The van der Waals surface area contributed by atoms with Crippen LogP contribution in [-0.4, -0.2) is 11.8 Å². The van der Waals surface area contributed by atoms with E-state index in [1.807, 2.05) is 0 Å². The van der Waals surface area contributed by atoms with Crippen molar-refractivity contribution in [1.29, 1.82) is 0 Å². The second-order valence-corrected chi connectivity index (χ2v) is 4.24. The SMILES string of the molecule is CC(=O)Nc1ccc(C(=O)Nc2ccc(Cl)cc2)o1. The van der Waals surface area contributed by atoms with Crippen molar-refractivity contribution in [2.45, 2.75) is 6.92 Å². The average molecular weight is 279 g/mol. The maximum Gasteiger partial charge on any atom is 0.291 e. The van der Waals surface area contributed by atoms with Gasteiger partial charge in [-0.2, -0.15) is 0 Å². The Morgan fingerprint density at radius 3 is 2.37 bits per heavy atom. The first-order valence-corrected chi connectivity index (χ1v) is 5.87. The molecule has 2 amide bonds. The molecule has 0 spiro atoms. The molecule has 2 N–H and O–H groups in total. The minimum absolute atomic E-state index is 0.110. The predicted molar refractivity (Wildman–Crippen MR) is 72.4 cm³/mol. The van der Waals surface area contributed by atoms with Crippen LogP contribution in [0, 0.1) is 0 Å². The third-order valence-electron chi connectivity index (χ3n) is 2.23. The number of hydrogen-bond donors (Lipinski definition) is 2. The summed E-state index contributed by atoms with van der Waals surface area (Å²) in [6.07, 6.45) is 0. The van der Waals surface area contributed by atoms with Crippen molar-refractivity contribution in [3.05, 3.63) is 47.2 Å². The van der Waals surface area contributed by atoms with Crippen molar-refractivity contribution >= 4 is 35.0 Å². The lowest BCUT2D eigenvalue weighted by Crippen LogP contribution is -2.10. The van der Waals surface area contributed by atoms with Crippen LogP contribution in [0.25, 0.3) is 0 Å². The first-order chi connectivity index (χ1) is 9.04. The molecule has 2 rings (SSSR count). The molecule has 19 heavy (non-hydrogen) atoms. The van der Waals surface area contributed by atoms with Crippen LogP contribution in [-0.2, 0) is 4.79 Å². The number of carbonyl (C=O) groups excluding carboxylic acids is 2. The Hall–Kier alpha value is -2.27. The number of benzene rings is 1. The molecule has 98 valence electrons. The zero-order valence-electron chi connectivity index (χ0n) is 10.1. The van der Waals surface area contributed by atoms with E-state index in [1.54, 1.807) is 24.3 Å². The van der Waals surface area contributed by atoms with Gasteiger partial charge >= 0.3 is 0 Å². The Kier molecular flexibility index (Phi) is 3.87. The van der Waals surface area contributed by atoms with Crippen molar-refractivity contribution in [2.75, 3.05) is 10.6 Å². The highest BCUT2D eigenvalue weighted by atomic mass is 35.5. The molecule has 0 aliphatic rings. The highest BCUT2D eigenvalue weighted by Gasteiger charge is 2.11. The number of furan rings is 1. The minimum Gasteiger partial charge on any atom is -0.435 e. The second kappa shape index (κ2) is 5.58. The van der Waals surface area contributed by atoms with Gasteiger partial charge in [-0.25, -0.2) is 0 Å². The summed E-state index contributed by atoms with van der Waals surface area (Å²) >= 11 is 5.75. The van der Waals surface area contributed by atoms with Crippen molar-refractivity contribution in [1.82, 2.24) is 0 Å². The summed E-state index contributed by atoms with van der Waals surface area (Å²) < 4.78 is 5.18. The molecule has 0 atom stereocenters. The van der Waals surface area contributed by atoms with Gasteiger partial charge in [0.25, 0.3) is 5.91 Å². The van der Waals surface area contributed by atoms with E-state index in [0.29, 0.717) is 10.7 Å². The third-order valence-corrected chi connectivity index (χ3v) is 2.48. The standard InChI is InChI=1S/C13H11ClN2O3/c1-8(17)15-12-7-6-11(19-12)13(18)16-10-4-2-9(14)3-5-10/h2-7H,1H3,(H,15,17)(H,16,18). The summed E-state index contributed by atoms with van der Waals surface area (Å²) in [6, 6.07) is 9.69. The maximum atomic E-state index is 11.8. The van der Waals surface area contributed by atoms with E-state index in [-0.39, 0.29) is 17.6 Å². The van der Waals surface area contributed by atoms with Crippen LogP contribution in [0.1, 0.15) is 17.5 Å². The minimum atomic E-state index is -0.404. The Balaban J connectivity index is 2.05. The fourth-order valence-electron chi connectivity index (χ4n) is 1.43. The van der Waals surface area contributed by atoms with E-state index >= 15 is 0 Å².